The van der Waals surface area contributed by atoms with Crippen LogP contribution < -0.4 is 10.6 Å². The van der Waals surface area contributed by atoms with Gasteiger partial charge in [0, 0.05) is 18.2 Å². The number of imide groups is 1. The monoisotopic (exact) mass is 366 g/mol. The Morgan fingerprint density at radius 2 is 1.81 bits per heavy atom. The maximum Gasteiger partial charge on any atom is 0.331 e. The molecule has 0 aromatic heterocycles. The molecular formula is C21H22N2O4. The van der Waals surface area contributed by atoms with Crippen LogP contribution in [0.1, 0.15) is 29.7 Å². The lowest BCUT2D eigenvalue weighted by Crippen LogP contribution is -2.42. The highest BCUT2D eigenvalue weighted by Gasteiger charge is 2.25. The molecule has 1 atom stereocenters. The lowest BCUT2D eigenvalue weighted by molar-refractivity contribution is -0.151. The summed E-state index contributed by atoms with van der Waals surface area (Å²) < 4.78 is 5.31. The second-order valence-corrected chi connectivity index (χ2v) is 5.82. The fraction of sp³-hybridized carbons (Fsp3) is 0.190. The van der Waals surface area contributed by atoms with Crippen LogP contribution in [0.2, 0.25) is 0 Å². The number of aryl methyl sites for hydroxylation is 1. The fourth-order valence-corrected chi connectivity index (χ4v) is 2.38. The largest absolute Gasteiger partial charge is 0.444 e. The molecule has 0 aliphatic rings. The molecule has 0 heterocycles. The van der Waals surface area contributed by atoms with E-state index in [2.05, 4.69) is 10.6 Å². The van der Waals surface area contributed by atoms with E-state index in [1.54, 1.807) is 43.3 Å². The van der Waals surface area contributed by atoms with Gasteiger partial charge in [-0.25, -0.2) is 9.59 Å². The normalized spacial score (nSPS) is 11.6. The number of carbonyl (C=O) groups excluding carboxylic acids is 3. The number of ether oxygens (including phenoxy) is 1. The zero-order valence-electron chi connectivity index (χ0n) is 15.3. The van der Waals surface area contributed by atoms with Gasteiger partial charge < -0.3 is 10.1 Å². The molecule has 2 rings (SSSR count). The molecule has 0 spiro atoms. The predicted molar refractivity (Wildman–Crippen MR) is 103 cm³/mol. The molecule has 0 aliphatic carbocycles. The lowest BCUT2D eigenvalue weighted by Gasteiger charge is -2.16. The first-order valence-corrected chi connectivity index (χ1v) is 8.58. The third kappa shape index (κ3) is 6.43. The number of urea groups is 1. The summed E-state index contributed by atoms with van der Waals surface area (Å²) in [6.45, 7) is 4.05. The van der Waals surface area contributed by atoms with Crippen molar-refractivity contribution in [3.05, 3.63) is 77.4 Å². The Bertz CT molecular complexity index is 831. The lowest BCUT2D eigenvalue weighted by atomic mass is 10.1. The van der Waals surface area contributed by atoms with Crippen molar-refractivity contribution in [2.45, 2.75) is 20.0 Å². The molecule has 0 bridgehead atoms. The smallest absolute Gasteiger partial charge is 0.331 e. The predicted octanol–water partition coefficient (Wildman–Crippen LogP) is 3.14. The number of nitrogens with one attached hydrogen (secondary N) is 2. The second kappa shape index (κ2) is 9.91. The van der Waals surface area contributed by atoms with E-state index < -0.39 is 24.0 Å². The van der Waals surface area contributed by atoms with E-state index in [9.17, 15) is 14.4 Å². The number of amides is 3. The molecule has 0 fully saturated rings. The van der Waals surface area contributed by atoms with E-state index in [1.165, 1.54) is 6.08 Å². The van der Waals surface area contributed by atoms with Gasteiger partial charge in [-0.1, -0.05) is 60.2 Å². The van der Waals surface area contributed by atoms with Gasteiger partial charge in [-0.3, -0.25) is 10.1 Å². The molecule has 0 saturated carbocycles. The fourth-order valence-electron chi connectivity index (χ4n) is 2.38. The first-order valence-electron chi connectivity index (χ1n) is 8.58. The number of hydrogen-bond donors (Lipinski definition) is 2. The molecule has 2 aromatic carbocycles. The summed E-state index contributed by atoms with van der Waals surface area (Å²) in [4.78, 5) is 36.2. The molecule has 2 aromatic rings. The van der Waals surface area contributed by atoms with Gasteiger partial charge in [0.2, 0.25) is 6.10 Å². The molecule has 0 unspecified atom stereocenters. The summed E-state index contributed by atoms with van der Waals surface area (Å²) >= 11 is 0. The molecular weight excluding hydrogens is 344 g/mol. The summed E-state index contributed by atoms with van der Waals surface area (Å²) in [5, 5.41) is 4.64. The van der Waals surface area contributed by atoms with Crippen molar-refractivity contribution in [3.8, 4) is 0 Å². The van der Waals surface area contributed by atoms with Gasteiger partial charge in [-0.05, 0) is 25.5 Å². The van der Waals surface area contributed by atoms with Crippen molar-refractivity contribution < 1.29 is 19.1 Å². The van der Waals surface area contributed by atoms with Crippen molar-refractivity contribution in [3.63, 3.8) is 0 Å². The van der Waals surface area contributed by atoms with Crippen molar-refractivity contribution in [1.29, 1.82) is 0 Å². The number of esters is 1. The molecule has 0 saturated heterocycles. The van der Waals surface area contributed by atoms with Gasteiger partial charge in [-0.15, -0.1) is 0 Å². The summed E-state index contributed by atoms with van der Waals surface area (Å²) in [6.07, 6.45) is 1.63. The van der Waals surface area contributed by atoms with Crippen LogP contribution in [0.15, 0.2) is 60.7 Å². The maximum absolute atomic E-state index is 12.4. The van der Waals surface area contributed by atoms with E-state index in [0.717, 1.165) is 11.1 Å². The van der Waals surface area contributed by atoms with Gasteiger partial charge >= 0.3 is 12.0 Å². The molecule has 3 amide bonds. The average Bonchev–Trinajstić information content (AvgIpc) is 2.65. The molecule has 0 radical (unpaired) electrons. The van der Waals surface area contributed by atoms with Crippen LogP contribution in [0.3, 0.4) is 0 Å². The van der Waals surface area contributed by atoms with E-state index in [-0.39, 0.29) is 0 Å². The third-order valence-corrected chi connectivity index (χ3v) is 3.60. The third-order valence-electron chi connectivity index (χ3n) is 3.60. The van der Waals surface area contributed by atoms with E-state index in [4.69, 9.17) is 4.74 Å². The van der Waals surface area contributed by atoms with Crippen molar-refractivity contribution in [1.82, 2.24) is 10.6 Å². The van der Waals surface area contributed by atoms with Crippen LogP contribution in [0.5, 0.6) is 0 Å². The maximum atomic E-state index is 12.4. The molecule has 6 nitrogen and oxygen atoms in total. The van der Waals surface area contributed by atoms with Crippen molar-refractivity contribution >= 4 is 24.0 Å². The first-order chi connectivity index (χ1) is 13.0. The minimum Gasteiger partial charge on any atom is -0.444 e. The zero-order valence-corrected chi connectivity index (χ0v) is 15.3. The Labute approximate surface area is 158 Å². The van der Waals surface area contributed by atoms with Crippen LogP contribution in [0.25, 0.3) is 6.08 Å². The van der Waals surface area contributed by atoms with E-state index in [0.29, 0.717) is 12.1 Å². The molecule has 27 heavy (non-hydrogen) atoms. The molecule has 2 N–H and O–H groups in total. The SMILES string of the molecule is CCNC(=O)NC(=O)[C@H](OC(=O)/C=C/c1cccc(C)c1)c1ccccc1. The van der Waals surface area contributed by atoms with Crippen LogP contribution in [-0.4, -0.2) is 24.5 Å². The second-order valence-electron chi connectivity index (χ2n) is 5.82. The van der Waals surface area contributed by atoms with Gasteiger partial charge in [0.15, 0.2) is 0 Å². The Morgan fingerprint density at radius 3 is 2.48 bits per heavy atom. The van der Waals surface area contributed by atoms with Gasteiger partial charge in [-0.2, -0.15) is 0 Å². The van der Waals surface area contributed by atoms with E-state index in [1.807, 2.05) is 31.2 Å². The van der Waals surface area contributed by atoms with Gasteiger partial charge in [0.1, 0.15) is 0 Å². The highest BCUT2D eigenvalue weighted by Crippen LogP contribution is 2.18. The van der Waals surface area contributed by atoms with E-state index >= 15 is 0 Å². The van der Waals surface area contributed by atoms with Crippen molar-refractivity contribution in [2.24, 2.45) is 0 Å². The summed E-state index contributed by atoms with van der Waals surface area (Å²) in [7, 11) is 0. The Morgan fingerprint density at radius 1 is 1.07 bits per heavy atom. The summed E-state index contributed by atoms with van der Waals surface area (Å²) in [6, 6.07) is 15.5. The van der Waals surface area contributed by atoms with Crippen LogP contribution in [0, 0.1) is 6.92 Å². The number of carbonyl (C=O) groups is 3. The van der Waals surface area contributed by atoms with Gasteiger partial charge in [0.05, 0.1) is 0 Å². The standard InChI is InChI=1S/C21H22N2O4/c1-3-22-21(26)23-20(25)19(17-10-5-4-6-11-17)27-18(24)13-12-16-9-7-8-15(2)14-16/h4-14,19H,3H2,1-2H3,(H2,22,23,25,26)/b13-12+/t19-/m1/s1. The zero-order chi connectivity index (χ0) is 19.6. The highest BCUT2D eigenvalue weighted by atomic mass is 16.5. The quantitative estimate of drug-likeness (QED) is 0.608. The summed E-state index contributed by atoms with van der Waals surface area (Å²) in [5.41, 5.74) is 2.38. The average molecular weight is 366 g/mol. The van der Waals surface area contributed by atoms with Crippen LogP contribution in [0.4, 0.5) is 4.79 Å². The van der Waals surface area contributed by atoms with Crippen LogP contribution >= 0.6 is 0 Å². The highest BCUT2D eigenvalue weighted by molar-refractivity contribution is 5.98. The topological polar surface area (TPSA) is 84.5 Å². The molecule has 6 heteroatoms. The Hall–Kier alpha value is -3.41. The minimum atomic E-state index is -1.23. The minimum absolute atomic E-state index is 0.369. The summed E-state index contributed by atoms with van der Waals surface area (Å²) in [5.74, 6) is -1.40. The van der Waals surface area contributed by atoms with Gasteiger partial charge in [0.25, 0.3) is 5.91 Å². The number of hydrogen-bond acceptors (Lipinski definition) is 4. The van der Waals surface area contributed by atoms with Crippen LogP contribution in [-0.2, 0) is 14.3 Å². The Kier molecular flexibility index (Phi) is 7.31. The Balaban J connectivity index is 2.12. The molecule has 140 valence electrons. The number of benzene rings is 2. The molecule has 0 aliphatic heterocycles. The first kappa shape index (κ1) is 19.9. The number of rotatable bonds is 6. The van der Waals surface area contributed by atoms with Crippen molar-refractivity contribution in [2.75, 3.05) is 6.54 Å².